The van der Waals surface area contributed by atoms with Gasteiger partial charge >= 0.3 is 0 Å². The highest BCUT2D eigenvalue weighted by atomic mass is 16.5. The third kappa shape index (κ3) is 2.38. The number of rotatable bonds is 4. The van der Waals surface area contributed by atoms with Crippen LogP contribution in [0.15, 0.2) is 24.3 Å². The first-order chi connectivity index (χ1) is 7.70. The van der Waals surface area contributed by atoms with E-state index in [1.165, 1.54) is 18.4 Å². The second-order valence-corrected chi connectivity index (χ2v) is 4.99. The summed E-state index contributed by atoms with van der Waals surface area (Å²) in [5, 5.41) is 0. The Kier molecular flexibility index (Phi) is 3.49. The first-order valence-corrected chi connectivity index (χ1v) is 6.09. The molecule has 1 aromatic rings. The highest BCUT2D eigenvalue weighted by molar-refractivity contribution is 5.37. The number of ether oxygens (including phenoxy) is 1. The van der Waals surface area contributed by atoms with Crippen LogP contribution in [0, 0.1) is 5.92 Å². The van der Waals surface area contributed by atoms with Gasteiger partial charge in [-0.05, 0) is 49.7 Å². The Balaban J connectivity index is 1.96. The summed E-state index contributed by atoms with van der Waals surface area (Å²) in [6, 6.07) is 8.69. The molecule has 1 fully saturated rings. The van der Waals surface area contributed by atoms with Crippen LogP contribution in [0.2, 0.25) is 0 Å². The first kappa shape index (κ1) is 11.5. The maximum atomic E-state index is 5.82. The number of benzene rings is 1. The Morgan fingerprint density at radius 3 is 2.69 bits per heavy atom. The zero-order valence-electron chi connectivity index (χ0n) is 10.1. The SMILES string of the molecule is COc1ccccc1C1CC(CC(C)N)C1. The third-order valence-electron chi connectivity index (χ3n) is 3.52. The van der Waals surface area contributed by atoms with E-state index in [0.29, 0.717) is 12.0 Å². The first-order valence-electron chi connectivity index (χ1n) is 6.09. The fourth-order valence-corrected chi connectivity index (χ4v) is 2.71. The van der Waals surface area contributed by atoms with Crippen LogP contribution in [0.4, 0.5) is 0 Å². The van der Waals surface area contributed by atoms with E-state index >= 15 is 0 Å². The van der Waals surface area contributed by atoms with Gasteiger partial charge in [0.1, 0.15) is 5.75 Å². The van der Waals surface area contributed by atoms with Crippen LogP contribution in [-0.4, -0.2) is 13.2 Å². The van der Waals surface area contributed by atoms with Crippen molar-refractivity contribution in [2.75, 3.05) is 7.11 Å². The molecular weight excluding hydrogens is 198 g/mol. The average molecular weight is 219 g/mol. The largest absolute Gasteiger partial charge is 0.496 e. The number of hydrogen-bond donors (Lipinski definition) is 1. The van der Waals surface area contributed by atoms with Gasteiger partial charge in [0.15, 0.2) is 0 Å². The molecule has 0 aliphatic heterocycles. The van der Waals surface area contributed by atoms with Crippen LogP contribution >= 0.6 is 0 Å². The molecule has 0 bridgehead atoms. The summed E-state index contributed by atoms with van der Waals surface area (Å²) in [6.07, 6.45) is 3.69. The van der Waals surface area contributed by atoms with Crippen LogP contribution in [0.1, 0.15) is 37.7 Å². The predicted molar refractivity (Wildman–Crippen MR) is 66.7 cm³/mol. The lowest BCUT2D eigenvalue weighted by Crippen LogP contribution is -2.28. The van der Waals surface area contributed by atoms with Gasteiger partial charge in [-0.1, -0.05) is 18.2 Å². The zero-order valence-corrected chi connectivity index (χ0v) is 10.1. The van der Waals surface area contributed by atoms with E-state index in [-0.39, 0.29) is 0 Å². The molecule has 1 aliphatic carbocycles. The molecule has 2 heteroatoms. The Morgan fingerprint density at radius 2 is 2.06 bits per heavy atom. The van der Waals surface area contributed by atoms with Crippen LogP contribution in [-0.2, 0) is 0 Å². The zero-order chi connectivity index (χ0) is 11.5. The molecule has 0 radical (unpaired) electrons. The van der Waals surface area contributed by atoms with Crippen molar-refractivity contribution >= 4 is 0 Å². The Bertz CT molecular complexity index is 342. The molecule has 1 unspecified atom stereocenters. The number of methoxy groups -OCH3 is 1. The molecule has 2 N–H and O–H groups in total. The van der Waals surface area contributed by atoms with E-state index in [1.807, 2.05) is 12.1 Å². The average Bonchev–Trinajstić information content (AvgIpc) is 2.22. The molecule has 0 saturated heterocycles. The van der Waals surface area contributed by atoms with Gasteiger partial charge in [-0.15, -0.1) is 0 Å². The van der Waals surface area contributed by atoms with Crippen molar-refractivity contribution in [3.05, 3.63) is 29.8 Å². The van der Waals surface area contributed by atoms with Crippen molar-refractivity contribution < 1.29 is 4.74 Å². The summed E-state index contributed by atoms with van der Waals surface area (Å²) in [4.78, 5) is 0. The lowest BCUT2D eigenvalue weighted by molar-refractivity contribution is 0.232. The van der Waals surface area contributed by atoms with Gasteiger partial charge in [0, 0.05) is 6.04 Å². The normalized spacial score (nSPS) is 25.9. The quantitative estimate of drug-likeness (QED) is 0.845. The number of nitrogens with two attached hydrogens (primary N) is 1. The second kappa shape index (κ2) is 4.88. The molecule has 1 atom stereocenters. The standard InChI is InChI=1S/C14H21NO/c1-10(15)7-11-8-12(9-11)13-5-3-4-6-14(13)16-2/h3-6,10-12H,7-9,15H2,1-2H3. The lowest BCUT2D eigenvalue weighted by Gasteiger charge is -2.37. The maximum absolute atomic E-state index is 5.82. The lowest BCUT2D eigenvalue weighted by atomic mass is 9.69. The topological polar surface area (TPSA) is 35.2 Å². The maximum Gasteiger partial charge on any atom is 0.122 e. The van der Waals surface area contributed by atoms with Gasteiger partial charge in [0.2, 0.25) is 0 Å². The van der Waals surface area contributed by atoms with E-state index in [9.17, 15) is 0 Å². The number of para-hydroxylation sites is 1. The molecule has 2 rings (SSSR count). The Morgan fingerprint density at radius 1 is 1.38 bits per heavy atom. The molecule has 0 amide bonds. The van der Waals surface area contributed by atoms with Crippen LogP contribution in [0.3, 0.4) is 0 Å². The molecule has 2 nitrogen and oxygen atoms in total. The van der Waals surface area contributed by atoms with Crippen molar-refractivity contribution in [3.8, 4) is 5.75 Å². The highest BCUT2D eigenvalue weighted by Gasteiger charge is 2.32. The van der Waals surface area contributed by atoms with Gasteiger partial charge in [-0.25, -0.2) is 0 Å². The van der Waals surface area contributed by atoms with Gasteiger partial charge in [-0.2, -0.15) is 0 Å². The molecule has 0 spiro atoms. The van der Waals surface area contributed by atoms with E-state index < -0.39 is 0 Å². The summed E-state index contributed by atoms with van der Waals surface area (Å²) in [5.74, 6) is 2.53. The minimum atomic E-state index is 0.337. The molecule has 1 aliphatic rings. The van der Waals surface area contributed by atoms with Crippen molar-refractivity contribution in [1.29, 1.82) is 0 Å². The third-order valence-corrected chi connectivity index (χ3v) is 3.52. The van der Waals surface area contributed by atoms with Crippen molar-refractivity contribution in [2.45, 2.75) is 38.1 Å². The van der Waals surface area contributed by atoms with Crippen molar-refractivity contribution in [1.82, 2.24) is 0 Å². The van der Waals surface area contributed by atoms with E-state index in [4.69, 9.17) is 10.5 Å². The van der Waals surface area contributed by atoms with E-state index in [1.54, 1.807) is 7.11 Å². The molecule has 16 heavy (non-hydrogen) atoms. The Labute approximate surface area is 97.8 Å². The molecule has 1 saturated carbocycles. The number of hydrogen-bond acceptors (Lipinski definition) is 2. The van der Waals surface area contributed by atoms with Gasteiger partial charge in [0.25, 0.3) is 0 Å². The fourth-order valence-electron chi connectivity index (χ4n) is 2.71. The molecule has 0 aromatic heterocycles. The van der Waals surface area contributed by atoms with E-state index in [0.717, 1.165) is 18.1 Å². The summed E-state index contributed by atoms with van der Waals surface area (Å²) in [7, 11) is 1.75. The minimum absolute atomic E-state index is 0.337. The summed E-state index contributed by atoms with van der Waals surface area (Å²) >= 11 is 0. The molecule has 88 valence electrons. The molecular formula is C14H21NO. The second-order valence-electron chi connectivity index (χ2n) is 4.99. The fraction of sp³-hybridized carbons (Fsp3) is 0.571. The molecule has 0 heterocycles. The van der Waals surface area contributed by atoms with Gasteiger partial charge in [0.05, 0.1) is 7.11 Å². The van der Waals surface area contributed by atoms with Gasteiger partial charge < -0.3 is 10.5 Å². The van der Waals surface area contributed by atoms with Gasteiger partial charge in [-0.3, -0.25) is 0 Å². The van der Waals surface area contributed by atoms with Crippen LogP contribution < -0.4 is 10.5 Å². The highest BCUT2D eigenvalue weighted by Crippen LogP contribution is 2.46. The minimum Gasteiger partial charge on any atom is -0.496 e. The van der Waals surface area contributed by atoms with Crippen molar-refractivity contribution in [2.24, 2.45) is 11.7 Å². The summed E-state index contributed by atoms with van der Waals surface area (Å²) < 4.78 is 5.39. The van der Waals surface area contributed by atoms with Crippen molar-refractivity contribution in [3.63, 3.8) is 0 Å². The predicted octanol–water partition coefficient (Wildman–Crippen LogP) is 2.93. The van der Waals surface area contributed by atoms with Crippen LogP contribution in [0.25, 0.3) is 0 Å². The summed E-state index contributed by atoms with van der Waals surface area (Å²) in [6.45, 7) is 2.09. The van der Waals surface area contributed by atoms with E-state index in [2.05, 4.69) is 19.1 Å². The van der Waals surface area contributed by atoms with Crippen LogP contribution in [0.5, 0.6) is 5.75 Å². The smallest absolute Gasteiger partial charge is 0.122 e. The Hall–Kier alpha value is -1.02. The summed E-state index contributed by atoms with van der Waals surface area (Å²) in [5.41, 5.74) is 7.18. The molecule has 1 aromatic carbocycles. The monoisotopic (exact) mass is 219 g/mol.